The Bertz CT molecular complexity index is 575. The summed E-state index contributed by atoms with van der Waals surface area (Å²) in [6.07, 6.45) is 9.57. The summed E-state index contributed by atoms with van der Waals surface area (Å²) < 4.78 is 0. The maximum atomic E-state index is 11.3. The van der Waals surface area contributed by atoms with Crippen LogP contribution >= 0.6 is 0 Å². The van der Waals surface area contributed by atoms with Crippen LogP contribution in [0.4, 0.5) is 5.69 Å². The molecule has 0 aliphatic heterocycles. The normalized spacial score (nSPS) is 15.8. The van der Waals surface area contributed by atoms with Crippen LogP contribution in [0, 0.1) is 0 Å². The second kappa shape index (κ2) is 7.44. The minimum atomic E-state index is -0.121. The van der Waals surface area contributed by atoms with Crippen molar-refractivity contribution in [2.75, 3.05) is 5.32 Å². The number of allylic oxidation sites excluding steroid dienone is 4. The van der Waals surface area contributed by atoms with Crippen molar-refractivity contribution in [3.05, 3.63) is 61.0 Å². The van der Waals surface area contributed by atoms with Crippen molar-refractivity contribution < 1.29 is 29.4 Å². The van der Waals surface area contributed by atoms with Crippen molar-refractivity contribution in [1.29, 1.82) is 0 Å². The molecule has 0 amide bonds. The van der Waals surface area contributed by atoms with Crippen molar-refractivity contribution in [3.8, 4) is 5.75 Å². The molecule has 19 heavy (non-hydrogen) atoms. The van der Waals surface area contributed by atoms with Crippen molar-refractivity contribution in [3.63, 3.8) is 0 Å². The second-order valence-corrected chi connectivity index (χ2v) is 3.57. The summed E-state index contributed by atoms with van der Waals surface area (Å²) in [7, 11) is 0. The van der Waals surface area contributed by atoms with Gasteiger partial charge >= 0.3 is 0 Å². The number of nitrogens with zero attached hydrogens (tertiary/aromatic N) is 1. The zero-order valence-corrected chi connectivity index (χ0v) is 13.3. The summed E-state index contributed by atoms with van der Waals surface area (Å²) in [4.78, 5) is 15.4. The van der Waals surface area contributed by atoms with Gasteiger partial charge in [0.2, 0.25) is 5.78 Å². The molecule has 4 nitrogen and oxygen atoms in total. The van der Waals surface area contributed by atoms with Crippen LogP contribution in [0.1, 0.15) is 0 Å². The Morgan fingerprint density at radius 1 is 1.16 bits per heavy atom. The molecule has 0 heterocycles. The number of para-hydroxylation sites is 2. The third-order valence-corrected chi connectivity index (χ3v) is 2.30. The van der Waals surface area contributed by atoms with E-state index in [1.807, 2.05) is 0 Å². The molecule has 0 radical (unpaired) electrons. The fraction of sp³-hybridized carbons (Fsp3) is 0. The first-order valence-corrected chi connectivity index (χ1v) is 5.44. The van der Waals surface area contributed by atoms with E-state index in [2.05, 4.69) is 10.3 Å². The van der Waals surface area contributed by atoms with Gasteiger partial charge in [-0.3, -0.25) is 9.79 Å². The van der Waals surface area contributed by atoms with E-state index in [0.717, 1.165) is 0 Å². The predicted octanol–water partition coefficient (Wildman–Crippen LogP) is 2.41. The van der Waals surface area contributed by atoms with E-state index in [1.165, 1.54) is 12.3 Å². The minimum Gasteiger partial charge on any atom is -0.506 e. The number of phenols is 1. The maximum Gasteiger partial charge on any atom is 0.204 e. The van der Waals surface area contributed by atoms with E-state index in [9.17, 15) is 9.90 Å². The molecule has 2 rings (SSSR count). The predicted molar refractivity (Wildman–Crippen MR) is 71.6 cm³/mol. The van der Waals surface area contributed by atoms with Gasteiger partial charge in [0.05, 0.1) is 5.69 Å². The van der Waals surface area contributed by atoms with Crippen LogP contribution in [-0.4, -0.2) is 16.6 Å². The number of phenolic OH excluding ortho intramolecular Hbond substituents is 1. The first-order valence-electron chi connectivity index (χ1n) is 5.44. The zero-order chi connectivity index (χ0) is 12.8. The van der Waals surface area contributed by atoms with Gasteiger partial charge in [-0.05, 0) is 24.3 Å². The molecule has 0 saturated carbocycles. The van der Waals surface area contributed by atoms with E-state index in [0.29, 0.717) is 11.4 Å². The summed E-state index contributed by atoms with van der Waals surface area (Å²) in [6.45, 7) is 0. The minimum absolute atomic E-state index is 0. The average Bonchev–Trinajstić information content (AvgIpc) is 2.38. The average molecular weight is 306 g/mol. The topological polar surface area (TPSA) is 61.7 Å². The second-order valence-electron chi connectivity index (χ2n) is 3.57. The van der Waals surface area contributed by atoms with Crippen LogP contribution in [0.5, 0.6) is 5.75 Å². The standard InChI is InChI=1S/C14H12N2O2.Zn/c17-13-7-3-1-5-11(13)15-9-10-16-12-6-2-4-8-14(12)18;/h1-10,15,17H;/b10-9-,16-12?;. The fourth-order valence-electron chi connectivity index (χ4n) is 1.40. The first kappa shape index (κ1) is 15.1. The van der Waals surface area contributed by atoms with Crippen LogP contribution in [0.15, 0.2) is 66.0 Å². The number of aliphatic imine (C=N–C) groups is 1. The molecule has 1 aromatic rings. The number of carbonyl (C=O) groups is 1. The van der Waals surface area contributed by atoms with Gasteiger partial charge < -0.3 is 10.4 Å². The van der Waals surface area contributed by atoms with Gasteiger partial charge in [-0.2, -0.15) is 0 Å². The Balaban J connectivity index is 0.00000180. The molecule has 0 atom stereocenters. The Hall–Kier alpha value is -2.00. The van der Waals surface area contributed by atoms with E-state index >= 15 is 0 Å². The van der Waals surface area contributed by atoms with Gasteiger partial charge in [-0.15, -0.1) is 0 Å². The van der Waals surface area contributed by atoms with E-state index in [-0.39, 0.29) is 31.0 Å². The van der Waals surface area contributed by atoms with Crippen LogP contribution < -0.4 is 5.32 Å². The Morgan fingerprint density at radius 3 is 2.63 bits per heavy atom. The molecule has 0 aromatic heterocycles. The molecule has 0 fully saturated rings. The number of benzene rings is 1. The monoisotopic (exact) mass is 304 g/mol. The molecule has 1 aliphatic rings. The number of carbonyl (C=O) groups excluding carboxylic acids is 1. The molecular weight excluding hydrogens is 294 g/mol. The third kappa shape index (κ3) is 4.30. The molecule has 5 heteroatoms. The molecule has 0 spiro atoms. The van der Waals surface area contributed by atoms with Crippen molar-refractivity contribution >= 4 is 17.2 Å². The smallest absolute Gasteiger partial charge is 0.204 e. The van der Waals surface area contributed by atoms with Crippen LogP contribution in [0.25, 0.3) is 0 Å². The largest absolute Gasteiger partial charge is 0.506 e. The number of nitrogens with one attached hydrogen (secondary N) is 1. The van der Waals surface area contributed by atoms with Crippen LogP contribution in [0.2, 0.25) is 0 Å². The fourth-order valence-corrected chi connectivity index (χ4v) is 1.40. The summed E-state index contributed by atoms with van der Waals surface area (Å²) >= 11 is 0. The first-order chi connectivity index (χ1) is 8.77. The number of anilines is 1. The van der Waals surface area contributed by atoms with Crippen molar-refractivity contribution in [1.82, 2.24) is 0 Å². The van der Waals surface area contributed by atoms with Crippen molar-refractivity contribution in [2.45, 2.75) is 0 Å². The zero-order valence-electron chi connectivity index (χ0n) is 10.3. The van der Waals surface area contributed by atoms with Crippen molar-refractivity contribution in [2.24, 2.45) is 4.99 Å². The third-order valence-electron chi connectivity index (χ3n) is 2.30. The quantitative estimate of drug-likeness (QED) is 0.512. The molecule has 1 aliphatic carbocycles. The Morgan fingerprint density at radius 2 is 1.89 bits per heavy atom. The SMILES string of the molecule is O=C1C=CC=CC1=N/C=C\Nc1ccccc1O.[Zn]. The van der Waals surface area contributed by atoms with Gasteiger partial charge in [0, 0.05) is 31.9 Å². The van der Waals surface area contributed by atoms with E-state index in [1.54, 1.807) is 48.7 Å². The number of rotatable bonds is 3. The summed E-state index contributed by atoms with van der Waals surface area (Å²) in [5, 5.41) is 12.4. The van der Waals surface area contributed by atoms with Crippen LogP contribution in [0.3, 0.4) is 0 Å². The number of aromatic hydroxyl groups is 1. The number of hydrogen-bond acceptors (Lipinski definition) is 4. The molecule has 0 bridgehead atoms. The maximum absolute atomic E-state index is 11.3. The Labute approximate surface area is 124 Å². The number of ketones is 1. The molecule has 0 unspecified atom stereocenters. The Kier molecular flexibility index (Phi) is 5.90. The van der Waals surface area contributed by atoms with Gasteiger partial charge in [0.15, 0.2) is 0 Å². The van der Waals surface area contributed by atoms with E-state index in [4.69, 9.17) is 0 Å². The molecule has 92 valence electrons. The van der Waals surface area contributed by atoms with Crippen LogP contribution in [-0.2, 0) is 24.3 Å². The van der Waals surface area contributed by atoms with Gasteiger partial charge in [-0.25, -0.2) is 0 Å². The molecule has 0 saturated heterocycles. The summed E-state index contributed by atoms with van der Waals surface area (Å²) in [6, 6.07) is 6.86. The summed E-state index contributed by atoms with van der Waals surface area (Å²) in [5.41, 5.74) is 0.965. The molecular formula is C14H12N2O2Zn. The van der Waals surface area contributed by atoms with Gasteiger partial charge in [-0.1, -0.05) is 24.3 Å². The summed E-state index contributed by atoms with van der Waals surface area (Å²) in [5.74, 6) is 0.0380. The van der Waals surface area contributed by atoms with Gasteiger partial charge in [0.1, 0.15) is 11.5 Å². The van der Waals surface area contributed by atoms with Gasteiger partial charge in [0.25, 0.3) is 0 Å². The molecule has 2 N–H and O–H groups in total. The molecule has 1 aromatic carbocycles. The number of hydrogen-bond donors (Lipinski definition) is 2. The van der Waals surface area contributed by atoms with E-state index < -0.39 is 0 Å².